The third-order valence-electron chi connectivity index (χ3n) is 3.64. The van der Waals surface area contributed by atoms with Gasteiger partial charge in [0, 0.05) is 13.1 Å². The molecule has 0 saturated carbocycles. The van der Waals surface area contributed by atoms with Crippen molar-refractivity contribution in [1.29, 1.82) is 0 Å². The quantitative estimate of drug-likeness (QED) is 0.840. The van der Waals surface area contributed by atoms with Gasteiger partial charge in [0.05, 0.1) is 5.41 Å². The molecular weight excluding hydrogens is 226 g/mol. The molecule has 0 spiro atoms. The van der Waals surface area contributed by atoms with Crippen LogP contribution in [0.5, 0.6) is 0 Å². The maximum Gasteiger partial charge on any atom is 0.310 e. The van der Waals surface area contributed by atoms with E-state index in [2.05, 4.69) is 23.5 Å². The molecule has 18 heavy (non-hydrogen) atoms. The SMILES string of the molecule is CC(C)(CNCc1ccc2c(c1)CCC2)C(=O)O. The fraction of sp³-hybridized carbons (Fsp3) is 0.533. The molecule has 3 heteroatoms. The number of hydrogen-bond donors (Lipinski definition) is 2. The first-order chi connectivity index (χ1) is 8.49. The summed E-state index contributed by atoms with van der Waals surface area (Å²) >= 11 is 0. The number of hydrogen-bond acceptors (Lipinski definition) is 2. The molecule has 1 aromatic carbocycles. The Kier molecular flexibility index (Phi) is 3.71. The predicted octanol–water partition coefficient (Wildman–Crippen LogP) is 2.38. The van der Waals surface area contributed by atoms with Crippen molar-refractivity contribution in [2.45, 2.75) is 39.7 Å². The predicted molar refractivity (Wildman–Crippen MR) is 71.6 cm³/mol. The van der Waals surface area contributed by atoms with Gasteiger partial charge in [-0.25, -0.2) is 0 Å². The highest BCUT2D eigenvalue weighted by molar-refractivity contribution is 5.73. The van der Waals surface area contributed by atoms with Crippen LogP contribution >= 0.6 is 0 Å². The van der Waals surface area contributed by atoms with Crippen LogP contribution in [0.1, 0.15) is 37.0 Å². The Balaban J connectivity index is 1.89. The molecule has 0 fully saturated rings. The van der Waals surface area contributed by atoms with E-state index in [4.69, 9.17) is 5.11 Å². The van der Waals surface area contributed by atoms with Gasteiger partial charge in [-0.2, -0.15) is 0 Å². The number of aryl methyl sites for hydroxylation is 2. The minimum Gasteiger partial charge on any atom is -0.481 e. The molecule has 0 aliphatic heterocycles. The summed E-state index contributed by atoms with van der Waals surface area (Å²) in [6.07, 6.45) is 3.65. The molecule has 0 atom stereocenters. The van der Waals surface area contributed by atoms with E-state index in [0.717, 1.165) is 6.54 Å². The van der Waals surface area contributed by atoms with Crippen molar-refractivity contribution in [1.82, 2.24) is 5.32 Å². The molecule has 0 aromatic heterocycles. The first kappa shape index (κ1) is 13.1. The average Bonchev–Trinajstić information content (AvgIpc) is 2.75. The van der Waals surface area contributed by atoms with Crippen LogP contribution in [0.4, 0.5) is 0 Å². The van der Waals surface area contributed by atoms with Gasteiger partial charge in [0.1, 0.15) is 0 Å². The number of fused-ring (bicyclic) bond motifs is 1. The Morgan fingerprint density at radius 1 is 1.33 bits per heavy atom. The van der Waals surface area contributed by atoms with Crippen LogP contribution in [-0.4, -0.2) is 17.6 Å². The molecule has 1 aliphatic carbocycles. The lowest BCUT2D eigenvalue weighted by Crippen LogP contribution is -2.35. The van der Waals surface area contributed by atoms with Gasteiger partial charge >= 0.3 is 5.97 Å². The standard InChI is InChI=1S/C15H21NO2/c1-15(2,14(17)18)10-16-9-11-6-7-12-4-3-5-13(12)8-11/h6-8,16H,3-5,9-10H2,1-2H3,(H,17,18). The van der Waals surface area contributed by atoms with E-state index in [1.165, 1.54) is 36.0 Å². The third kappa shape index (κ3) is 2.91. The number of benzene rings is 1. The second kappa shape index (κ2) is 5.11. The molecular formula is C15H21NO2. The van der Waals surface area contributed by atoms with E-state index in [9.17, 15) is 4.79 Å². The zero-order valence-corrected chi connectivity index (χ0v) is 11.1. The van der Waals surface area contributed by atoms with E-state index in [1.54, 1.807) is 13.8 Å². The van der Waals surface area contributed by atoms with Crippen LogP contribution in [0.2, 0.25) is 0 Å². The minimum atomic E-state index is -0.760. The molecule has 2 rings (SSSR count). The summed E-state index contributed by atoms with van der Waals surface area (Å²) in [4.78, 5) is 11.0. The monoisotopic (exact) mass is 247 g/mol. The Morgan fingerprint density at radius 3 is 2.78 bits per heavy atom. The van der Waals surface area contributed by atoms with Gasteiger partial charge in [-0.05, 0) is 49.8 Å². The second-order valence-electron chi connectivity index (χ2n) is 5.75. The zero-order chi connectivity index (χ0) is 13.2. The molecule has 0 radical (unpaired) electrons. The van der Waals surface area contributed by atoms with Crippen LogP contribution in [0.3, 0.4) is 0 Å². The van der Waals surface area contributed by atoms with Gasteiger partial charge in [-0.3, -0.25) is 4.79 Å². The van der Waals surface area contributed by atoms with Crippen molar-refractivity contribution in [3.63, 3.8) is 0 Å². The van der Waals surface area contributed by atoms with Crippen LogP contribution in [0.15, 0.2) is 18.2 Å². The lowest BCUT2D eigenvalue weighted by atomic mass is 9.94. The zero-order valence-electron chi connectivity index (χ0n) is 11.1. The van der Waals surface area contributed by atoms with Gasteiger partial charge in [0.15, 0.2) is 0 Å². The van der Waals surface area contributed by atoms with Crippen molar-refractivity contribution in [2.75, 3.05) is 6.54 Å². The van der Waals surface area contributed by atoms with Crippen molar-refractivity contribution in [2.24, 2.45) is 5.41 Å². The number of carbonyl (C=O) groups is 1. The Morgan fingerprint density at radius 2 is 2.06 bits per heavy atom. The van der Waals surface area contributed by atoms with E-state index in [-0.39, 0.29) is 0 Å². The highest BCUT2D eigenvalue weighted by Gasteiger charge is 2.26. The highest BCUT2D eigenvalue weighted by Crippen LogP contribution is 2.23. The number of aliphatic carboxylic acids is 1. The maximum absolute atomic E-state index is 11.0. The number of carboxylic acid groups (broad SMARTS) is 1. The Bertz CT molecular complexity index is 452. The van der Waals surface area contributed by atoms with Crippen LogP contribution in [0.25, 0.3) is 0 Å². The van der Waals surface area contributed by atoms with E-state index in [0.29, 0.717) is 6.54 Å². The van der Waals surface area contributed by atoms with Crippen molar-refractivity contribution in [3.8, 4) is 0 Å². The van der Waals surface area contributed by atoms with Gasteiger partial charge in [-0.1, -0.05) is 18.2 Å². The number of nitrogens with one attached hydrogen (secondary N) is 1. The molecule has 0 unspecified atom stereocenters. The van der Waals surface area contributed by atoms with Gasteiger partial charge in [0.2, 0.25) is 0 Å². The molecule has 98 valence electrons. The lowest BCUT2D eigenvalue weighted by molar-refractivity contribution is -0.146. The fourth-order valence-electron chi connectivity index (χ4n) is 2.33. The van der Waals surface area contributed by atoms with Gasteiger partial charge < -0.3 is 10.4 Å². The van der Waals surface area contributed by atoms with Crippen molar-refractivity contribution >= 4 is 5.97 Å². The summed E-state index contributed by atoms with van der Waals surface area (Å²) in [5, 5.41) is 12.3. The lowest BCUT2D eigenvalue weighted by Gasteiger charge is -2.19. The maximum atomic E-state index is 11.0. The molecule has 1 aromatic rings. The number of rotatable bonds is 5. The topological polar surface area (TPSA) is 49.3 Å². The summed E-state index contributed by atoms with van der Waals surface area (Å²) in [7, 11) is 0. The fourth-order valence-corrected chi connectivity index (χ4v) is 2.33. The third-order valence-corrected chi connectivity index (χ3v) is 3.64. The van der Waals surface area contributed by atoms with Gasteiger partial charge in [0.25, 0.3) is 0 Å². The summed E-state index contributed by atoms with van der Waals surface area (Å²) in [5.41, 5.74) is 3.48. The van der Waals surface area contributed by atoms with Crippen LogP contribution < -0.4 is 5.32 Å². The van der Waals surface area contributed by atoms with Crippen LogP contribution in [0, 0.1) is 5.41 Å². The van der Waals surface area contributed by atoms with E-state index >= 15 is 0 Å². The average molecular weight is 247 g/mol. The molecule has 0 heterocycles. The Labute approximate surface area is 108 Å². The van der Waals surface area contributed by atoms with E-state index in [1.807, 2.05) is 0 Å². The highest BCUT2D eigenvalue weighted by atomic mass is 16.4. The smallest absolute Gasteiger partial charge is 0.310 e. The molecule has 2 N–H and O–H groups in total. The Hall–Kier alpha value is -1.35. The first-order valence-electron chi connectivity index (χ1n) is 6.54. The second-order valence-corrected chi connectivity index (χ2v) is 5.75. The summed E-state index contributed by atoms with van der Waals surface area (Å²) in [5.74, 6) is -0.760. The molecule has 0 amide bonds. The van der Waals surface area contributed by atoms with Crippen LogP contribution in [-0.2, 0) is 24.2 Å². The summed E-state index contributed by atoms with van der Waals surface area (Å²) in [6.45, 7) is 4.71. The molecule has 0 bridgehead atoms. The molecule has 1 aliphatic rings. The summed E-state index contributed by atoms with van der Waals surface area (Å²) in [6, 6.07) is 6.61. The van der Waals surface area contributed by atoms with E-state index < -0.39 is 11.4 Å². The first-order valence-corrected chi connectivity index (χ1v) is 6.54. The normalized spacial score (nSPS) is 14.6. The molecule has 0 saturated heterocycles. The van der Waals surface area contributed by atoms with Gasteiger partial charge in [-0.15, -0.1) is 0 Å². The van der Waals surface area contributed by atoms with Crippen molar-refractivity contribution in [3.05, 3.63) is 34.9 Å². The largest absolute Gasteiger partial charge is 0.481 e. The number of carboxylic acids is 1. The van der Waals surface area contributed by atoms with Crippen molar-refractivity contribution < 1.29 is 9.90 Å². The molecule has 3 nitrogen and oxygen atoms in total. The summed E-state index contributed by atoms with van der Waals surface area (Å²) < 4.78 is 0. The minimum absolute atomic E-state index is 0.486.